The lowest BCUT2D eigenvalue weighted by Crippen LogP contribution is -2.49. The van der Waals surface area contributed by atoms with Crippen LogP contribution in [0.1, 0.15) is 11.1 Å². The molecule has 0 spiro atoms. The van der Waals surface area contributed by atoms with Crippen LogP contribution in [0.2, 0.25) is 0 Å². The van der Waals surface area contributed by atoms with E-state index < -0.39 is 12.0 Å². The van der Waals surface area contributed by atoms with Crippen LogP contribution in [0.25, 0.3) is 0 Å². The largest absolute Gasteiger partial charge is 0.480 e. The van der Waals surface area contributed by atoms with E-state index in [1.165, 1.54) is 5.56 Å². The van der Waals surface area contributed by atoms with Crippen molar-refractivity contribution in [1.29, 1.82) is 0 Å². The molecule has 0 radical (unpaired) electrons. The summed E-state index contributed by atoms with van der Waals surface area (Å²) in [5.41, 5.74) is 2.35. The molecule has 0 amide bonds. The highest BCUT2D eigenvalue weighted by Gasteiger charge is 2.28. The van der Waals surface area contributed by atoms with E-state index in [9.17, 15) is 4.79 Å². The molecule has 1 aromatic rings. The third-order valence-electron chi connectivity index (χ3n) is 2.99. The first-order valence-electron chi connectivity index (χ1n) is 5.77. The number of carbonyl (C=O) groups is 1. The van der Waals surface area contributed by atoms with Crippen molar-refractivity contribution >= 4 is 5.97 Å². The third kappa shape index (κ3) is 3.05. The molecule has 1 N–H and O–H groups in total. The summed E-state index contributed by atoms with van der Waals surface area (Å²) in [7, 11) is 0. The first-order chi connectivity index (χ1) is 8.16. The van der Waals surface area contributed by atoms with Crippen molar-refractivity contribution in [3.05, 3.63) is 35.4 Å². The maximum Gasteiger partial charge on any atom is 0.323 e. The summed E-state index contributed by atoms with van der Waals surface area (Å²) in [4.78, 5) is 13.1. The lowest BCUT2D eigenvalue weighted by atomic mass is 10.1. The lowest BCUT2D eigenvalue weighted by Gasteiger charge is -2.32. The molecule has 0 aromatic heterocycles. The van der Waals surface area contributed by atoms with Gasteiger partial charge in [-0.25, -0.2) is 0 Å². The standard InChI is InChI=1S/C13H17NO3/c1-10-3-2-4-11(7-10)8-14-5-6-17-9-12(14)13(15)16/h2-4,7,12H,5-6,8-9H2,1H3,(H,15,16). The van der Waals surface area contributed by atoms with Crippen LogP contribution in [0.15, 0.2) is 24.3 Å². The Morgan fingerprint density at radius 1 is 1.59 bits per heavy atom. The quantitative estimate of drug-likeness (QED) is 0.857. The Bertz CT molecular complexity index is 405. The van der Waals surface area contributed by atoms with Crippen LogP contribution in [-0.2, 0) is 16.1 Å². The highest BCUT2D eigenvalue weighted by molar-refractivity contribution is 5.73. The van der Waals surface area contributed by atoms with E-state index in [-0.39, 0.29) is 6.61 Å². The van der Waals surface area contributed by atoms with Crippen LogP contribution < -0.4 is 0 Å². The van der Waals surface area contributed by atoms with E-state index in [1.807, 2.05) is 30.0 Å². The van der Waals surface area contributed by atoms with Gasteiger partial charge in [-0.15, -0.1) is 0 Å². The number of aryl methyl sites for hydroxylation is 1. The number of rotatable bonds is 3. The predicted molar refractivity (Wildman–Crippen MR) is 63.8 cm³/mol. The fourth-order valence-corrected chi connectivity index (χ4v) is 2.10. The molecule has 1 saturated heterocycles. The van der Waals surface area contributed by atoms with Crippen molar-refractivity contribution in [3.63, 3.8) is 0 Å². The first kappa shape index (κ1) is 12.1. The Kier molecular flexibility index (Phi) is 3.76. The zero-order chi connectivity index (χ0) is 12.3. The van der Waals surface area contributed by atoms with Gasteiger partial charge in [-0.05, 0) is 12.5 Å². The summed E-state index contributed by atoms with van der Waals surface area (Å²) in [6.45, 7) is 4.27. The van der Waals surface area contributed by atoms with Crippen molar-refractivity contribution in [3.8, 4) is 0 Å². The molecule has 1 unspecified atom stereocenters. The van der Waals surface area contributed by atoms with E-state index in [0.717, 1.165) is 5.56 Å². The van der Waals surface area contributed by atoms with Crippen LogP contribution in [-0.4, -0.2) is 41.8 Å². The molecule has 92 valence electrons. The number of ether oxygens (including phenoxy) is 1. The summed E-state index contributed by atoms with van der Waals surface area (Å²) in [5.74, 6) is -0.808. The number of carboxylic acid groups (broad SMARTS) is 1. The van der Waals surface area contributed by atoms with Gasteiger partial charge in [-0.3, -0.25) is 9.69 Å². The van der Waals surface area contributed by atoms with Crippen LogP contribution in [0, 0.1) is 6.92 Å². The fourth-order valence-electron chi connectivity index (χ4n) is 2.10. The molecule has 4 heteroatoms. The maximum atomic E-state index is 11.1. The van der Waals surface area contributed by atoms with E-state index in [2.05, 4.69) is 6.07 Å². The topological polar surface area (TPSA) is 49.8 Å². The van der Waals surface area contributed by atoms with Gasteiger partial charge in [0, 0.05) is 13.1 Å². The molecule has 0 aliphatic carbocycles. The number of aliphatic carboxylic acids is 1. The minimum absolute atomic E-state index is 0.279. The van der Waals surface area contributed by atoms with Gasteiger partial charge in [-0.1, -0.05) is 29.8 Å². The summed E-state index contributed by atoms with van der Waals surface area (Å²) < 4.78 is 5.21. The minimum atomic E-state index is -0.808. The van der Waals surface area contributed by atoms with Gasteiger partial charge in [0.15, 0.2) is 0 Å². The normalized spacial score (nSPS) is 21.4. The summed E-state index contributed by atoms with van der Waals surface area (Å²) in [6.07, 6.45) is 0. The maximum absolute atomic E-state index is 11.1. The van der Waals surface area contributed by atoms with Crippen molar-refractivity contribution in [1.82, 2.24) is 4.90 Å². The number of nitrogens with zero attached hydrogens (tertiary/aromatic N) is 1. The van der Waals surface area contributed by atoms with Gasteiger partial charge < -0.3 is 9.84 Å². The Balaban J connectivity index is 2.08. The Morgan fingerprint density at radius 3 is 3.12 bits per heavy atom. The minimum Gasteiger partial charge on any atom is -0.480 e. The molecule has 0 bridgehead atoms. The number of morpholine rings is 1. The molecule has 1 aliphatic heterocycles. The van der Waals surface area contributed by atoms with Crippen molar-refractivity contribution in [2.24, 2.45) is 0 Å². The monoisotopic (exact) mass is 235 g/mol. The molecule has 1 aromatic carbocycles. The molecule has 1 aliphatic rings. The Labute approximate surface area is 101 Å². The number of hydrogen-bond donors (Lipinski definition) is 1. The van der Waals surface area contributed by atoms with Crippen molar-refractivity contribution < 1.29 is 14.6 Å². The molecule has 17 heavy (non-hydrogen) atoms. The molecule has 1 fully saturated rings. The van der Waals surface area contributed by atoms with Gasteiger partial charge in [-0.2, -0.15) is 0 Å². The average Bonchev–Trinajstić information content (AvgIpc) is 2.29. The van der Waals surface area contributed by atoms with Crippen LogP contribution in [0.4, 0.5) is 0 Å². The summed E-state index contributed by atoms with van der Waals surface area (Å²) in [5, 5.41) is 9.12. The molecule has 1 heterocycles. The fraction of sp³-hybridized carbons (Fsp3) is 0.462. The number of carboxylic acids is 1. The summed E-state index contributed by atoms with van der Waals surface area (Å²) in [6, 6.07) is 7.64. The van der Waals surface area contributed by atoms with Crippen LogP contribution in [0.5, 0.6) is 0 Å². The second-order valence-corrected chi connectivity index (χ2v) is 4.39. The molecular formula is C13H17NO3. The SMILES string of the molecule is Cc1cccc(CN2CCOCC2C(=O)O)c1. The molecular weight excluding hydrogens is 218 g/mol. The van der Waals surface area contributed by atoms with Gasteiger partial charge >= 0.3 is 5.97 Å². The Morgan fingerprint density at radius 2 is 2.41 bits per heavy atom. The van der Waals surface area contributed by atoms with E-state index >= 15 is 0 Å². The van der Waals surface area contributed by atoms with E-state index in [1.54, 1.807) is 0 Å². The highest BCUT2D eigenvalue weighted by atomic mass is 16.5. The molecule has 0 saturated carbocycles. The van der Waals surface area contributed by atoms with Crippen molar-refractivity contribution in [2.45, 2.75) is 19.5 Å². The zero-order valence-electron chi connectivity index (χ0n) is 9.93. The molecule has 1 atom stereocenters. The van der Waals surface area contributed by atoms with E-state index in [0.29, 0.717) is 19.7 Å². The van der Waals surface area contributed by atoms with E-state index in [4.69, 9.17) is 9.84 Å². The van der Waals surface area contributed by atoms with Gasteiger partial charge in [0.1, 0.15) is 6.04 Å². The smallest absolute Gasteiger partial charge is 0.323 e. The van der Waals surface area contributed by atoms with Gasteiger partial charge in [0.2, 0.25) is 0 Å². The van der Waals surface area contributed by atoms with Crippen LogP contribution in [0.3, 0.4) is 0 Å². The summed E-state index contributed by atoms with van der Waals surface area (Å²) >= 11 is 0. The number of benzene rings is 1. The van der Waals surface area contributed by atoms with Gasteiger partial charge in [0.05, 0.1) is 13.2 Å². The zero-order valence-corrected chi connectivity index (χ0v) is 9.93. The predicted octanol–water partition coefficient (Wildman–Crippen LogP) is 1.28. The first-order valence-corrected chi connectivity index (χ1v) is 5.77. The van der Waals surface area contributed by atoms with Gasteiger partial charge in [0.25, 0.3) is 0 Å². The average molecular weight is 235 g/mol. The molecule has 2 rings (SSSR count). The highest BCUT2D eigenvalue weighted by Crippen LogP contribution is 2.13. The third-order valence-corrected chi connectivity index (χ3v) is 2.99. The lowest BCUT2D eigenvalue weighted by molar-refractivity contribution is -0.150. The second-order valence-electron chi connectivity index (χ2n) is 4.39. The second kappa shape index (κ2) is 5.29. The molecule has 4 nitrogen and oxygen atoms in total. The Hall–Kier alpha value is -1.39. The van der Waals surface area contributed by atoms with Crippen LogP contribution >= 0.6 is 0 Å². The number of hydrogen-bond acceptors (Lipinski definition) is 3. The van der Waals surface area contributed by atoms with Crippen molar-refractivity contribution in [2.75, 3.05) is 19.8 Å².